The first-order valence-corrected chi connectivity index (χ1v) is 8.70. The third kappa shape index (κ3) is 3.91. The Balaban J connectivity index is 1.63. The lowest BCUT2D eigenvalue weighted by Gasteiger charge is -2.08. The summed E-state index contributed by atoms with van der Waals surface area (Å²) in [7, 11) is 0. The fourth-order valence-electron chi connectivity index (χ4n) is 2.54. The number of benzene rings is 2. The van der Waals surface area contributed by atoms with Crippen LogP contribution in [0.15, 0.2) is 57.6 Å². The number of carbonyl (C=O) groups excluding carboxylic acids is 2. The molecule has 128 valence electrons. The van der Waals surface area contributed by atoms with Crippen molar-refractivity contribution in [2.45, 2.75) is 19.8 Å². The minimum atomic E-state index is -0.384. The van der Waals surface area contributed by atoms with E-state index in [1.54, 1.807) is 24.5 Å². The largest absolute Gasteiger partial charge is 0.464 e. The van der Waals surface area contributed by atoms with Gasteiger partial charge in [0.2, 0.25) is 5.91 Å². The number of aryl methyl sites for hydroxylation is 1. The van der Waals surface area contributed by atoms with Gasteiger partial charge >= 0.3 is 0 Å². The average molecular weight is 401 g/mol. The van der Waals surface area contributed by atoms with Gasteiger partial charge < -0.3 is 4.42 Å². The first-order valence-electron chi connectivity index (χ1n) is 7.91. The molecule has 0 bridgehead atoms. The number of hydrogen-bond donors (Lipinski definition) is 2. The minimum Gasteiger partial charge on any atom is -0.464 e. The molecule has 0 aliphatic rings. The molecule has 0 saturated carbocycles. The van der Waals surface area contributed by atoms with E-state index in [9.17, 15) is 9.59 Å². The van der Waals surface area contributed by atoms with Crippen molar-refractivity contribution >= 4 is 38.7 Å². The molecule has 2 N–H and O–H groups in total. The third-order valence-corrected chi connectivity index (χ3v) is 4.60. The first kappa shape index (κ1) is 17.2. The molecular formula is C19H17BrN2O3. The van der Waals surface area contributed by atoms with Crippen molar-refractivity contribution in [3.8, 4) is 0 Å². The van der Waals surface area contributed by atoms with E-state index in [0.29, 0.717) is 10.0 Å². The van der Waals surface area contributed by atoms with Gasteiger partial charge in [0.25, 0.3) is 5.91 Å². The molecule has 0 aliphatic heterocycles. The van der Waals surface area contributed by atoms with E-state index in [1.807, 2.05) is 24.3 Å². The van der Waals surface area contributed by atoms with Gasteiger partial charge in [-0.3, -0.25) is 20.4 Å². The van der Waals surface area contributed by atoms with Crippen molar-refractivity contribution in [1.29, 1.82) is 0 Å². The first-order chi connectivity index (χ1) is 12.1. The number of carbonyl (C=O) groups is 2. The van der Waals surface area contributed by atoms with E-state index in [0.717, 1.165) is 23.0 Å². The van der Waals surface area contributed by atoms with Crippen LogP contribution in [-0.4, -0.2) is 11.8 Å². The molecule has 0 spiro atoms. The molecule has 0 fully saturated rings. The highest BCUT2D eigenvalue weighted by molar-refractivity contribution is 9.10. The van der Waals surface area contributed by atoms with E-state index < -0.39 is 0 Å². The highest BCUT2D eigenvalue weighted by atomic mass is 79.9. The lowest BCUT2D eigenvalue weighted by atomic mass is 10.1. The summed E-state index contributed by atoms with van der Waals surface area (Å²) >= 11 is 3.31. The number of hydrogen-bond acceptors (Lipinski definition) is 3. The molecule has 3 aromatic rings. The Morgan fingerprint density at radius 3 is 2.68 bits per heavy atom. The number of halogens is 1. The van der Waals surface area contributed by atoms with E-state index in [4.69, 9.17) is 4.42 Å². The van der Waals surface area contributed by atoms with Crippen LogP contribution in [0.4, 0.5) is 0 Å². The summed E-state index contributed by atoms with van der Waals surface area (Å²) in [5, 5.41) is 0.907. The van der Waals surface area contributed by atoms with E-state index in [-0.39, 0.29) is 18.2 Å². The Bertz CT molecular complexity index is 933. The topological polar surface area (TPSA) is 71.3 Å². The number of amides is 2. The van der Waals surface area contributed by atoms with Crippen LogP contribution in [0.25, 0.3) is 11.0 Å². The highest BCUT2D eigenvalue weighted by Crippen LogP contribution is 2.23. The SMILES string of the molecule is CCc1ccc2c(CC(=O)NNC(=O)c3ccccc3Br)coc2c1. The molecule has 2 amide bonds. The van der Waals surface area contributed by atoms with Crippen LogP contribution in [0.5, 0.6) is 0 Å². The Kier molecular flexibility index (Phi) is 5.19. The van der Waals surface area contributed by atoms with Crippen molar-refractivity contribution in [2.75, 3.05) is 0 Å². The molecule has 2 aromatic carbocycles. The van der Waals surface area contributed by atoms with Crippen LogP contribution < -0.4 is 10.9 Å². The molecule has 1 aromatic heterocycles. The van der Waals surface area contributed by atoms with Gasteiger partial charge in [-0.15, -0.1) is 0 Å². The van der Waals surface area contributed by atoms with Crippen molar-refractivity contribution < 1.29 is 14.0 Å². The highest BCUT2D eigenvalue weighted by Gasteiger charge is 2.13. The molecule has 0 radical (unpaired) electrons. The molecule has 0 saturated heterocycles. The molecule has 0 unspecified atom stereocenters. The zero-order valence-electron chi connectivity index (χ0n) is 13.6. The van der Waals surface area contributed by atoms with Crippen LogP contribution in [-0.2, 0) is 17.6 Å². The van der Waals surface area contributed by atoms with E-state index >= 15 is 0 Å². The summed E-state index contributed by atoms with van der Waals surface area (Å²) < 4.78 is 6.19. The van der Waals surface area contributed by atoms with Crippen molar-refractivity contribution in [2.24, 2.45) is 0 Å². The van der Waals surface area contributed by atoms with Crippen molar-refractivity contribution in [3.63, 3.8) is 0 Å². The Morgan fingerprint density at radius 2 is 1.92 bits per heavy atom. The van der Waals surface area contributed by atoms with Gasteiger partial charge in [0.05, 0.1) is 18.2 Å². The average Bonchev–Trinajstić information content (AvgIpc) is 3.02. The van der Waals surface area contributed by atoms with Crippen molar-refractivity contribution in [3.05, 3.63) is 69.9 Å². The molecular weight excluding hydrogens is 384 g/mol. The van der Waals surface area contributed by atoms with Crippen LogP contribution in [0, 0.1) is 0 Å². The summed E-state index contributed by atoms with van der Waals surface area (Å²) in [5.41, 5.74) is 8.02. The van der Waals surface area contributed by atoms with Gasteiger partial charge in [-0.1, -0.05) is 31.2 Å². The monoisotopic (exact) mass is 400 g/mol. The molecule has 3 rings (SSSR count). The van der Waals surface area contributed by atoms with Gasteiger partial charge in [-0.05, 0) is 46.1 Å². The summed E-state index contributed by atoms with van der Waals surface area (Å²) in [5.74, 6) is -0.701. The summed E-state index contributed by atoms with van der Waals surface area (Å²) in [6.07, 6.45) is 2.63. The van der Waals surface area contributed by atoms with Gasteiger partial charge in [-0.2, -0.15) is 0 Å². The number of hydrazine groups is 1. The third-order valence-electron chi connectivity index (χ3n) is 3.91. The smallest absolute Gasteiger partial charge is 0.270 e. The number of nitrogens with one attached hydrogen (secondary N) is 2. The van der Waals surface area contributed by atoms with E-state index in [2.05, 4.69) is 33.7 Å². The number of fused-ring (bicyclic) bond motifs is 1. The van der Waals surface area contributed by atoms with Gasteiger partial charge in [0.1, 0.15) is 5.58 Å². The maximum absolute atomic E-state index is 12.1. The lowest BCUT2D eigenvalue weighted by Crippen LogP contribution is -2.42. The fourth-order valence-corrected chi connectivity index (χ4v) is 3.01. The standard InChI is InChI=1S/C19H17BrN2O3/c1-2-12-7-8-14-13(11-25-17(14)9-12)10-18(23)21-22-19(24)15-5-3-4-6-16(15)20/h3-9,11H,2,10H2,1H3,(H,21,23)(H,22,24). The lowest BCUT2D eigenvalue weighted by molar-refractivity contribution is -0.121. The second-order valence-corrected chi connectivity index (χ2v) is 6.46. The summed E-state index contributed by atoms with van der Waals surface area (Å²) in [4.78, 5) is 24.2. The zero-order valence-corrected chi connectivity index (χ0v) is 15.2. The number of furan rings is 1. The molecule has 6 heteroatoms. The Labute approximate surface area is 153 Å². The summed E-state index contributed by atoms with van der Waals surface area (Å²) in [6, 6.07) is 13.0. The molecule has 25 heavy (non-hydrogen) atoms. The Morgan fingerprint density at radius 1 is 1.12 bits per heavy atom. The number of rotatable bonds is 4. The fraction of sp³-hybridized carbons (Fsp3) is 0.158. The van der Waals surface area contributed by atoms with Gasteiger partial charge in [-0.25, -0.2) is 0 Å². The minimum absolute atomic E-state index is 0.120. The molecule has 0 atom stereocenters. The maximum atomic E-state index is 12.1. The maximum Gasteiger partial charge on any atom is 0.270 e. The zero-order chi connectivity index (χ0) is 17.8. The molecule has 5 nitrogen and oxygen atoms in total. The van der Waals surface area contributed by atoms with Gasteiger partial charge in [0.15, 0.2) is 0 Å². The second kappa shape index (κ2) is 7.53. The second-order valence-electron chi connectivity index (χ2n) is 5.60. The summed E-state index contributed by atoms with van der Waals surface area (Å²) in [6.45, 7) is 2.08. The van der Waals surface area contributed by atoms with E-state index in [1.165, 1.54) is 5.56 Å². The normalized spacial score (nSPS) is 10.6. The molecule has 1 heterocycles. The van der Waals surface area contributed by atoms with Crippen LogP contribution >= 0.6 is 15.9 Å². The van der Waals surface area contributed by atoms with Crippen LogP contribution in [0.3, 0.4) is 0 Å². The Hall–Kier alpha value is -2.60. The predicted molar refractivity (Wildman–Crippen MR) is 99.0 cm³/mol. The van der Waals surface area contributed by atoms with Crippen LogP contribution in [0.2, 0.25) is 0 Å². The van der Waals surface area contributed by atoms with Crippen molar-refractivity contribution in [1.82, 2.24) is 10.9 Å². The quantitative estimate of drug-likeness (QED) is 0.654. The predicted octanol–water partition coefficient (Wildman–Crippen LogP) is 3.76. The van der Waals surface area contributed by atoms with Crippen LogP contribution in [0.1, 0.15) is 28.4 Å². The molecule has 0 aliphatic carbocycles. The van der Waals surface area contributed by atoms with Gasteiger partial charge in [0, 0.05) is 15.4 Å².